The van der Waals surface area contributed by atoms with Crippen LogP contribution in [-0.2, 0) is 23.1 Å². The minimum atomic E-state index is -4.94. The zero-order chi connectivity index (χ0) is 18.8. The van der Waals surface area contributed by atoms with Crippen LogP contribution in [0.4, 0.5) is 22.0 Å². The molecule has 0 saturated heterocycles. The topological polar surface area (TPSA) is 64.4 Å². The van der Waals surface area contributed by atoms with Crippen LogP contribution in [0, 0.1) is 5.41 Å². The summed E-state index contributed by atoms with van der Waals surface area (Å²) in [7, 11) is 1.24. The van der Waals surface area contributed by atoms with E-state index in [0.717, 1.165) is 0 Å². The third kappa shape index (κ3) is 3.00. The summed E-state index contributed by atoms with van der Waals surface area (Å²) in [4.78, 5) is 11.5. The SMILES string of the molecule is COC1(c2nn(CC3(C)CC(F)(F)C3)c(C(=O)O)c2C(F)(F)F)CC1. The molecular weight excluding hydrogens is 351 g/mol. The summed E-state index contributed by atoms with van der Waals surface area (Å²) in [6.07, 6.45) is -5.41. The van der Waals surface area contributed by atoms with Crippen LogP contribution < -0.4 is 0 Å². The van der Waals surface area contributed by atoms with Crippen molar-refractivity contribution in [2.24, 2.45) is 5.41 Å². The smallest absolute Gasteiger partial charge is 0.420 e. The van der Waals surface area contributed by atoms with Crippen molar-refractivity contribution in [1.29, 1.82) is 0 Å². The summed E-state index contributed by atoms with van der Waals surface area (Å²) in [5.74, 6) is -4.68. The maximum Gasteiger partial charge on any atom is 0.420 e. The van der Waals surface area contributed by atoms with Crippen molar-refractivity contribution in [3.05, 3.63) is 17.0 Å². The molecule has 1 aromatic rings. The Balaban J connectivity index is 2.08. The number of carboxylic acids is 1. The maximum absolute atomic E-state index is 13.5. The van der Waals surface area contributed by atoms with Gasteiger partial charge < -0.3 is 9.84 Å². The molecule has 2 aliphatic rings. The number of hydrogen-bond acceptors (Lipinski definition) is 3. The molecule has 0 unspecified atom stereocenters. The second-order valence-corrected chi connectivity index (χ2v) is 7.25. The highest BCUT2D eigenvalue weighted by molar-refractivity contribution is 5.88. The molecule has 0 spiro atoms. The van der Waals surface area contributed by atoms with E-state index in [0.29, 0.717) is 4.68 Å². The number of halogens is 5. The number of nitrogens with zero attached hydrogens (tertiary/aromatic N) is 2. The summed E-state index contributed by atoms with van der Waals surface area (Å²) < 4.78 is 72.8. The summed E-state index contributed by atoms with van der Waals surface area (Å²) in [6, 6.07) is 0. The van der Waals surface area contributed by atoms with E-state index >= 15 is 0 Å². The molecule has 5 nitrogen and oxygen atoms in total. The molecule has 1 heterocycles. The zero-order valence-electron chi connectivity index (χ0n) is 13.6. The van der Waals surface area contributed by atoms with Gasteiger partial charge in [0.1, 0.15) is 16.9 Å². The predicted molar refractivity (Wildman–Crippen MR) is 74.4 cm³/mol. The van der Waals surface area contributed by atoms with Crippen LogP contribution in [0.25, 0.3) is 0 Å². The number of carboxylic acid groups (broad SMARTS) is 1. The van der Waals surface area contributed by atoms with E-state index in [9.17, 15) is 31.9 Å². The van der Waals surface area contributed by atoms with E-state index < -0.39 is 58.9 Å². The molecule has 3 rings (SSSR count). The Morgan fingerprint density at radius 2 is 1.88 bits per heavy atom. The van der Waals surface area contributed by atoms with Crippen LogP contribution >= 0.6 is 0 Å². The first-order valence-electron chi connectivity index (χ1n) is 7.67. The number of hydrogen-bond donors (Lipinski definition) is 1. The van der Waals surface area contributed by atoms with Crippen LogP contribution in [0.5, 0.6) is 0 Å². The molecule has 0 atom stereocenters. The number of aromatic nitrogens is 2. The number of alkyl halides is 5. The Hall–Kier alpha value is -1.71. The molecule has 2 fully saturated rings. The number of aromatic carboxylic acids is 1. The maximum atomic E-state index is 13.5. The second kappa shape index (κ2) is 5.15. The van der Waals surface area contributed by atoms with Gasteiger partial charge in [-0.15, -0.1) is 0 Å². The first kappa shape index (κ1) is 18.1. The van der Waals surface area contributed by atoms with Crippen molar-refractivity contribution < 1.29 is 36.6 Å². The molecule has 1 aromatic heterocycles. The Bertz CT molecular complexity index is 713. The highest BCUT2D eigenvalue weighted by Gasteiger charge is 2.57. The fraction of sp³-hybridized carbons (Fsp3) is 0.733. The van der Waals surface area contributed by atoms with E-state index in [2.05, 4.69) is 5.10 Å². The quantitative estimate of drug-likeness (QED) is 0.806. The largest absolute Gasteiger partial charge is 0.477 e. The molecular formula is C15H17F5N2O3. The zero-order valence-corrected chi connectivity index (χ0v) is 13.6. The van der Waals surface area contributed by atoms with E-state index in [4.69, 9.17) is 4.74 Å². The average Bonchev–Trinajstić information content (AvgIpc) is 3.10. The van der Waals surface area contributed by atoms with Gasteiger partial charge in [-0.05, 0) is 18.3 Å². The van der Waals surface area contributed by atoms with Crippen LogP contribution in [0.1, 0.15) is 54.4 Å². The first-order valence-corrected chi connectivity index (χ1v) is 7.67. The van der Waals surface area contributed by atoms with Crippen molar-refractivity contribution in [3.8, 4) is 0 Å². The minimum absolute atomic E-state index is 0.290. The lowest BCUT2D eigenvalue weighted by atomic mass is 9.67. The molecule has 10 heteroatoms. The molecule has 0 amide bonds. The average molecular weight is 368 g/mol. The van der Waals surface area contributed by atoms with Gasteiger partial charge in [-0.1, -0.05) is 6.92 Å². The van der Waals surface area contributed by atoms with Gasteiger partial charge in [0.05, 0.1) is 0 Å². The summed E-state index contributed by atoms with van der Waals surface area (Å²) >= 11 is 0. The summed E-state index contributed by atoms with van der Waals surface area (Å²) in [5.41, 5.74) is -5.13. The summed E-state index contributed by atoms with van der Waals surface area (Å²) in [6.45, 7) is 1.15. The predicted octanol–water partition coefficient (Wildman–Crippen LogP) is 3.67. The molecule has 0 bridgehead atoms. The Kier molecular flexibility index (Phi) is 3.73. The van der Waals surface area contributed by atoms with Gasteiger partial charge in [0.25, 0.3) is 0 Å². The van der Waals surface area contributed by atoms with E-state index in [1.165, 1.54) is 14.0 Å². The van der Waals surface area contributed by atoms with Crippen LogP contribution in [0.15, 0.2) is 0 Å². The van der Waals surface area contributed by atoms with Gasteiger partial charge in [0, 0.05) is 26.5 Å². The molecule has 2 saturated carbocycles. The number of methoxy groups -OCH3 is 1. The van der Waals surface area contributed by atoms with Gasteiger partial charge in [-0.2, -0.15) is 18.3 Å². The molecule has 140 valence electrons. The third-order valence-corrected chi connectivity index (χ3v) is 4.87. The van der Waals surface area contributed by atoms with Gasteiger partial charge in [-0.25, -0.2) is 13.6 Å². The molecule has 0 radical (unpaired) electrons. The Morgan fingerprint density at radius 3 is 2.24 bits per heavy atom. The van der Waals surface area contributed by atoms with E-state index in [1.807, 2.05) is 0 Å². The van der Waals surface area contributed by atoms with Crippen molar-refractivity contribution in [1.82, 2.24) is 9.78 Å². The molecule has 25 heavy (non-hydrogen) atoms. The molecule has 0 aromatic carbocycles. The van der Waals surface area contributed by atoms with E-state index in [-0.39, 0.29) is 19.4 Å². The van der Waals surface area contributed by atoms with Crippen molar-refractivity contribution in [2.75, 3.05) is 7.11 Å². The molecule has 1 N–H and O–H groups in total. The fourth-order valence-electron chi connectivity index (χ4n) is 3.70. The van der Waals surface area contributed by atoms with Crippen LogP contribution in [0.3, 0.4) is 0 Å². The second-order valence-electron chi connectivity index (χ2n) is 7.25. The lowest BCUT2D eigenvalue weighted by Gasteiger charge is -2.44. The summed E-state index contributed by atoms with van der Waals surface area (Å²) in [5, 5.41) is 13.2. The fourth-order valence-corrected chi connectivity index (χ4v) is 3.70. The van der Waals surface area contributed by atoms with Gasteiger partial charge in [0.15, 0.2) is 5.69 Å². The van der Waals surface area contributed by atoms with E-state index in [1.54, 1.807) is 0 Å². The number of ether oxygens (including phenoxy) is 1. The van der Waals surface area contributed by atoms with Crippen molar-refractivity contribution >= 4 is 5.97 Å². The lowest BCUT2D eigenvalue weighted by molar-refractivity contribution is -0.160. The Morgan fingerprint density at radius 1 is 1.32 bits per heavy atom. The third-order valence-electron chi connectivity index (χ3n) is 4.87. The van der Waals surface area contributed by atoms with Crippen molar-refractivity contribution in [2.45, 2.75) is 56.9 Å². The van der Waals surface area contributed by atoms with Gasteiger partial charge in [0.2, 0.25) is 5.92 Å². The van der Waals surface area contributed by atoms with Crippen LogP contribution in [0.2, 0.25) is 0 Å². The van der Waals surface area contributed by atoms with Crippen molar-refractivity contribution in [3.63, 3.8) is 0 Å². The van der Waals surface area contributed by atoms with Gasteiger partial charge >= 0.3 is 12.1 Å². The first-order chi connectivity index (χ1) is 11.3. The Labute approximate surface area is 139 Å². The monoisotopic (exact) mass is 368 g/mol. The highest BCUT2D eigenvalue weighted by Crippen LogP contribution is 2.55. The highest BCUT2D eigenvalue weighted by atomic mass is 19.4. The minimum Gasteiger partial charge on any atom is -0.477 e. The van der Waals surface area contributed by atoms with Gasteiger partial charge in [-0.3, -0.25) is 4.68 Å². The number of rotatable bonds is 5. The molecule has 2 aliphatic carbocycles. The number of carbonyl (C=O) groups is 1. The lowest BCUT2D eigenvalue weighted by Crippen LogP contribution is -2.47. The standard InChI is InChI=1S/C15H17F5N2O3/c1-12(5-14(16,17)6-12)7-22-9(11(23)24)8(15(18,19)20)10(21-22)13(25-2)3-4-13/h3-7H2,1-2H3,(H,23,24). The normalized spacial score (nSPS) is 23.2. The molecule has 0 aliphatic heterocycles. The van der Waals surface area contributed by atoms with Crippen LogP contribution in [-0.4, -0.2) is 33.9 Å².